The van der Waals surface area contributed by atoms with Crippen LogP contribution in [0.1, 0.15) is 18.1 Å². The highest BCUT2D eigenvalue weighted by Gasteiger charge is 2.06. The van der Waals surface area contributed by atoms with Gasteiger partial charge in [-0.2, -0.15) is 0 Å². The van der Waals surface area contributed by atoms with Crippen molar-refractivity contribution in [2.45, 2.75) is 19.9 Å². The van der Waals surface area contributed by atoms with Gasteiger partial charge in [0.1, 0.15) is 5.82 Å². The molecule has 0 aliphatic rings. The molecule has 1 aromatic carbocycles. The summed E-state index contributed by atoms with van der Waals surface area (Å²) in [5.74, 6) is -0.231. The average Bonchev–Trinajstić information content (AvgIpc) is 2.39. The smallest absolute Gasteiger partial charge is 0.123 e. The van der Waals surface area contributed by atoms with Crippen LogP contribution in [0, 0.1) is 5.82 Å². The number of hydrogen-bond donors (Lipinski definition) is 1. The van der Waals surface area contributed by atoms with Gasteiger partial charge in [0.25, 0.3) is 0 Å². The van der Waals surface area contributed by atoms with E-state index < -0.39 is 0 Å². The van der Waals surface area contributed by atoms with Crippen LogP contribution in [0.4, 0.5) is 4.39 Å². The maximum absolute atomic E-state index is 12.9. The number of pyridine rings is 1. The Morgan fingerprint density at radius 3 is 2.53 bits per heavy atom. The summed E-state index contributed by atoms with van der Waals surface area (Å²) in [5, 5.41) is 0. The molecule has 17 heavy (non-hydrogen) atoms. The molecule has 2 N–H and O–H groups in total. The first-order valence-corrected chi connectivity index (χ1v) is 5.68. The maximum Gasteiger partial charge on any atom is 0.123 e. The Bertz CT molecular complexity index is 506. The average molecular weight is 230 g/mol. The highest BCUT2D eigenvalue weighted by Crippen LogP contribution is 2.22. The topological polar surface area (TPSA) is 38.9 Å². The molecule has 2 aromatic rings. The van der Waals surface area contributed by atoms with Gasteiger partial charge in [-0.25, -0.2) is 4.39 Å². The first-order valence-electron chi connectivity index (χ1n) is 5.68. The molecule has 0 radical (unpaired) electrons. The molecule has 3 heteroatoms. The van der Waals surface area contributed by atoms with Crippen LogP contribution in [0.3, 0.4) is 0 Å². The summed E-state index contributed by atoms with van der Waals surface area (Å²) in [4.78, 5) is 4.42. The molecule has 0 aliphatic heterocycles. The zero-order valence-corrected chi connectivity index (χ0v) is 9.78. The van der Waals surface area contributed by atoms with Crippen LogP contribution in [-0.2, 0) is 13.0 Å². The van der Waals surface area contributed by atoms with Gasteiger partial charge in [0.15, 0.2) is 0 Å². The fraction of sp³-hybridized carbons (Fsp3) is 0.214. The molecular weight excluding hydrogens is 215 g/mol. The normalized spacial score (nSPS) is 10.5. The molecule has 0 saturated heterocycles. The van der Waals surface area contributed by atoms with Crippen molar-refractivity contribution >= 4 is 0 Å². The van der Waals surface area contributed by atoms with Crippen molar-refractivity contribution in [1.29, 1.82) is 0 Å². The van der Waals surface area contributed by atoms with Gasteiger partial charge in [-0.05, 0) is 41.8 Å². The van der Waals surface area contributed by atoms with Gasteiger partial charge >= 0.3 is 0 Å². The minimum Gasteiger partial charge on any atom is -0.326 e. The Hall–Kier alpha value is -1.74. The molecule has 0 saturated carbocycles. The first-order chi connectivity index (χ1) is 8.24. The second-order valence-corrected chi connectivity index (χ2v) is 3.92. The number of halogens is 1. The molecule has 1 aromatic heterocycles. The molecule has 88 valence electrons. The number of hydrogen-bond acceptors (Lipinski definition) is 2. The number of rotatable bonds is 3. The molecular formula is C14H15FN2. The van der Waals surface area contributed by atoms with Crippen LogP contribution < -0.4 is 5.73 Å². The molecule has 0 spiro atoms. The lowest BCUT2D eigenvalue weighted by molar-refractivity contribution is 0.628. The summed E-state index contributed by atoms with van der Waals surface area (Å²) < 4.78 is 12.9. The van der Waals surface area contributed by atoms with E-state index in [9.17, 15) is 4.39 Å². The zero-order valence-electron chi connectivity index (χ0n) is 9.78. The van der Waals surface area contributed by atoms with Crippen LogP contribution in [0.5, 0.6) is 0 Å². The molecule has 0 aliphatic carbocycles. The summed E-state index contributed by atoms with van der Waals surface area (Å²) in [7, 11) is 0. The van der Waals surface area contributed by atoms with E-state index >= 15 is 0 Å². The second kappa shape index (κ2) is 5.06. The Balaban J connectivity index is 2.47. The summed E-state index contributed by atoms with van der Waals surface area (Å²) in [6.45, 7) is 2.56. The van der Waals surface area contributed by atoms with E-state index in [2.05, 4.69) is 18.0 Å². The van der Waals surface area contributed by atoms with Crippen molar-refractivity contribution in [2.24, 2.45) is 5.73 Å². The van der Waals surface area contributed by atoms with Crippen molar-refractivity contribution in [3.8, 4) is 11.3 Å². The van der Waals surface area contributed by atoms with Gasteiger partial charge < -0.3 is 5.73 Å². The number of benzene rings is 1. The first kappa shape index (κ1) is 11.7. The third kappa shape index (κ3) is 2.50. The predicted octanol–water partition coefficient (Wildman–Crippen LogP) is 2.91. The summed E-state index contributed by atoms with van der Waals surface area (Å²) in [6, 6.07) is 8.46. The monoisotopic (exact) mass is 230 g/mol. The minimum absolute atomic E-state index is 0.231. The van der Waals surface area contributed by atoms with Crippen LogP contribution in [0.15, 0.2) is 36.5 Å². The van der Waals surface area contributed by atoms with E-state index in [0.29, 0.717) is 6.54 Å². The number of aromatic nitrogens is 1. The van der Waals surface area contributed by atoms with Crippen molar-refractivity contribution in [1.82, 2.24) is 4.98 Å². The van der Waals surface area contributed by atoms with E-state index in [1.54, 1.807) is 18.3 Å². The van der Waals surface area contributed by atoms with Crippen LogP contribution in [-0.4, -0.2) is 4.98 Å². The molecule has 0 fully saturated rings. The van der Waals surface area contributed by atoms with E-state index in [4.69, 9.17) is 5.73 Å². The zero-order chi connectivity index (χ0) is 12.3. The van der Waals surface area contributed by atoms with E-state index in [-0.39, 0.29) is 5.82 Å². The molecule has 0 amide bonds. The quantitative estimate of drug-likeness (QED) is 0.880. The highest BCUT2D eigenvalue weighted by molar-refractivity contribution is 5.63. The molecule has 2 rings (SSSR count). The number of nitrogens with two attached hydrogens (primary N) is 1. The lowest BCUT2D eigenvalue weighted by Crippen LogP contribution is -2.00. The summed E-state index contributed by atoms with van der Waals surface area (Å²) >= 11 is 0. The van der Waals surface area contributed by atoms with Crippen molar-refractivity contribution in [3.05, 3.63) is 53.5 Å². The maximum atomic E-state index is 12.9. The van der Waals surface area contributed by atoms with Crippen LogP contribution >= 0.6 is 0 Å². The fourth-order valence-electron chi connectivity index (χ4n) is 1.81. The lowest BCUT2D eigenvalue weighted by atomic mass is 10.0. The van der Waals surface area contributed by atoms with Gasteiger partial charge in [-0.15, -0.1) is 0 Å². The van der Waals surface area contributed by atoms with E-state index in [0.717, 1.165) is 28.8 Å². The lowest BCUT2D eigenvalue weighted by Gasteiger charge is -2.08. The van der Waals surface area contributed by atoms with Crippen LogP contribution in [0.2, 0.25) is 0 Å². The number of nitrogens with zero attached hydrogens (tertiary/aromatic N) is 1. The van der Waals surface area contributed by atoms with Crippen LogP contribution in [0.25, 0.3) is 11.3 Å². The third-order valence-corrected chi connectivity index (χ3v) is 2.76. The largest absolute Gasteiger partial charge is 0.326 e. The van der Waals surface area contributed by atoms with Crippen molar-refractivity contribution < 1.29 is 4.39 Å². The van der Waals surface area contributed by atoms with Gasteiger partial charge in [0, 0.05) is 18.3 Å². The third-order valence-electron chi connectivity index (χ3n) is 2.76. The highest BCUT2D eigenvalue weighted by atomic mass is 19.1. The molecule has 2 nitrogen and oxygen atoms in total. The van der Waals surface area contributed by atoms with Crippen molar-refractivity contribution in [3.63, 3.8) is 0 Å². The molecule has 0 unspecified atom stereocenters. The fourth-order valence-corrected chi connectivity index (χ4v) is 1.81. The van der Waals surface area contributed by atoms with Gasteiger partial charge in [-0.3, -0.25) is 4.98 Å². The Morgan fingerprint density at radius 2 is 1.94 bits per heavy atom. The molecule has 0 bridgehead atoms. The molecule has 1 heterocycles. The Morgan fingerprint density at radius 1 is 1.24 bits per heavy atom. The molecule has 0 atom stereocenters. The second-order valence-electron chi connectivity index (χ2n) is 3.92. The van der Waals surface area contributed by atoms with Gasteiger partial charge in [0.2, 0.25) is 0 Å². The van der Waals surface area contributed by atoms with Gasteiger partial charge in [-0.1, -0.05) is 13.0 Å². The SMILES string of the molecule is CCc1cc(CN)cnc1-c1ccc(F)cc1. The number of aryl methyl sites for hydroxylation is 1. The van der Waals surface area contributed by atoms with E-state index in [1.165, 1.54) is 12.1 Å². The van der Waals surface area contributed by atoms with Crippen molar-refractivity contribution in [2.75, 3.05) is 0 Å². The Kier molecular flexibility index (Phi) is 3.49. The summed E-state index contributed by atoms with van der Waals surface area (Å²) in [5.41, 5.74) is 9.60. The summed E-state index contributed by atoms with van der Waals surface area (Å²) in [6.07, 6.45) is 2.66. The Labute approximate surface area is 100 Å². The minimum atomic E-state index is -0.231. The standard InChI is InChI=1S/C14H15FN2/c1-2-11-7-10(8-16)9-17-14(11)12-3-5-13(15)6-4-12/h3-7,9H,2,8,16H2,1H3. The van der Waals surface area contributed by atoms with Gasteiger partial charge in [0.05, 0.1) is 5.69 Å². The predicted molar refractivity (Wildman–Crippen MR) is 66.9 cm³/mol. The van der Waals surface area contributed by atoms with E-state index in [1.807, 2.05) is 0 Å².